The molecule has 0 bridgehead atoms. The minimum Gasteiger partial charge on any atom is -0.497 e. The number of benzene rings is 3. The van der Waals surface area contributed by atoms with Crippen LogP contribution in [-0.4, -0.2) is 67.0 Å². The van der Waals surface area contributed by atoms with E-state index in [1.165, 1.54) is 5.69 Å². The van der Waals surface area contributed by atoms with Gasteiger partial charge in [0.05, 0.1) is 19.2 Å². The molecule has 1 aromatic heterocycles. The van der Waals surface area contributed by atoms with Gasteiger partial charge in [0.1, 0.15) is 11.4 Å². The highest BCUT2D eigenvalue weighted by molar-refractivity contribution is 5.99. The molecule has 0 saturated carbocycles. The summed E-state index contributed by atoms with van der Waals surface area (Å²) in [7, 11) is 1.64. The van der Waals surface area contributed by atoms with E-state index in [9.17, 15) is 4.79 Å². The molecule has 3 aromatic carbocycles. The van der Waals surface area contributed by atoms with E-state index in [1.54, 1.807) is 7.11 Å². The normalized spacial score (nSPS) is 13.9. The topological polar surface area (TPSA) is 62.6 Å². The number of hydrogen-bond acceptors (Lipinski definition) is 5. The third-order valence-electron chi connectivity index (χ3n) is 6.74. The number of aromatic nitrogens is 2. The standard InChI is InChI=1S/C30H33N5O2/c1-37-27-14-8-11-25(21-27)29-28(23-35(32-29)22-24-9-4-2-5-10-24)30(36)31-15-16-33-17-19-34(20-18-33)26-12-6-3-7-13-26/h2-14,21,23H,15-20,22H2,1H3,(H,31,36). The first-order chi connectivity index (χ1) is 18.2. The number of rotatable bonds is 9. The van der Waals surface area contributed by atoms with Crippen LogP contribution in [0.25, 0.3) is 11.3 Å². The number of methoxy groups -OCH3 is 1. The highest BCUT2D eigenvalue weighted by atomic mass is 16.5. The second-order valence-electron chi connectivity index (χ2n) is 9.23. The van der Waals surface area contributed by atoms with Crippen molar-refractivity contribution in [3.63, 3.8) is 0 Å². The van der Waals surface area contributed by atoms with E-state index in [1.807, 2.05) is 59.4 Å². The molecular weight excluding hydrogens is 462 g/mol. The van der Waals surface area contributed by atoms with Crippen LogP contribution >= 0.6 is 0 Å². The Hall–Kier alpha value is -4.10. The number of carbonyl (C=O) groups excluding carboxylic acids is 1. The summed E-state index contributed by atoms with van der Waals surface area (Å²) in [6.07, 6.45) is 1.84. The van der Waals surface area contributed by atoms with Crippen LogP contribution in [0.15, 0.2) is 91.1 Å². The van der Waals surface area contributed by atoms with Gasteiger partial charge in [-0.05, 0) is 29.8 Å². The summed E-state index contributed by atoms with van der Waals surface area (Å²) >= 11 is 0. The summed E-state index contributed by atoms with van der Waals surface area (Å²) in [5.41, 5.74) is 4.48. The molecule has 4 aromatic rings. The number of piperazine rings is 1. The molecular formula is C30H33N5O2. The molecule has 0 unspecified atom stereocenters. The van der Waals surface area contributed by atoms with E-state index in [-0.39, 0.29) is 5.91 Å². The Balaban J connectivity index is 1.23. The van der Waals surface area contributed by atoms with Crippen LogP contribution in [-0.2, 0) is 6.54 Å². The minimum atomic E-state index is -0.111. The van der Waals surface area contributed by atoms with Gasteiger partial charge in [-0.15, -0.1) is 0 Å². The van der Waals surface area contributed by atoms with Gasteiger partial charge in [-0.3, -0.25) is 14.4 Å². The maximum atomic E-state index is 13.3. The molecule has 1 saturated heterocycles. The molecule has 2 heterocycles. The first-order valence-corrected chi connectivity index (χ1v) is 12.8. The van der Waals surface area contributed by atoms with E-state index >= 15 is 0 Å². The van der Waals surface area contributed by atoms with E-state index in [2.05, 4.69) is 51.5 Å². The SMILES string of the molecule is COc1cccc(-c2nn(Cc3ccccc3)cc2C(=O)NCCN2CCN(c3ccccc3)CC2)c1. The summed E-state index contributed by atoms with van der Waals surface area (Å²) in [6, 6.07) is 28.3. The zero-order valence-corrected chi connectivity index (χ0v) is 21.2. The van der Waals surface area contributed by atoms with Gasteiger partial charge in [0.25, 0.3) is 5.91 Å². The molecule has 5 rings (SSSR count). The Kier molecular flexibility index (Phi) is 7.81. The summed E-state index contributed by atoms with van der Waals surface area (Å²) in [5.74, 6) is 0.621. The Labute approximate surface area is 218 Å². The Morgan fingerprint density at radius 2 is 1.65 bits per heavy atom. The van der Waals surface area contributed by atoms with E-state index in [4.69, 9.17) is 9.84 Å². The zero-order valence-electron chi connectivity index (χ0n) is 21.2. The second-order valence-corrected chi connectivity index (χ2v) is 9.23. The fraction of sp³-hybridized carbons (Fsp3) is 0.267. The fourth-order valence-corrected chi connectivity index (χ4v) is 4.71. The molecule has 0 radical (unpaired) electrons. The Bertz CT molecular complexity index is 1300. The van der Waals surface area contributed by atoms with Gasteiger partial charge in [0.15, 0.2) is 0 Å². The third-order valence-corrected chi connectivity index (χ3v) is 6.74. The lowest BCUT2D eigenvalue weighted by atomic mass is 10.1. The summed E-state index contributed by atoms with van der Waals surface area (Å²) in [5, 5.41) is 7.92. The van der Waals surface area contributed by atoms with Gasteiger partial charge in [0, 0.05) is 56.7 Å². The Morgan fingerprint density at radius 1 is 0.919 bits per heavy atom. The largest absolute Gasteiger partial charge is 0.497 e. The predicted molar refractivity (Wildman–Crippen MR) is 147 cm³/mol. The lowest BCUT2D eigenvalue weighted by molar-refractivity contribution is 0.0948. The molecule has 37 heavy (non-hydrogen) atoms. The van der Waals surface area contributed by atoms with Gasteiger partial charge in [-0.25, -0.2) is 0 Å². The van der Waals surface area contributed by atoms with Crippen LogP contribution in [0, 0.1) is 0 Å². The first-order valence-electron chi connectivity index (χ1n) is 12.8. The van der Waals surface area contributed by atoms with Crippen LogP contribution in [0.3, 0.4) is 0 Å². The summed E-state index contributed by atoms with van der Waals surface area (Å²) in [6.45, 7) is 5.95. The van der Waals surface area contributed by atoms with Crippen molar-refractivity contribution in [2.75, 3.05) is 51.3 Å². The first kappa shape index (κ1) is 24.6. The molecule has 1 amide bonds. The minimum absolute atomic E-state index is 0.111. The fourth-order valence-electron chi connectivity index (χ4n) is 4.71. The van der Waals surface area contributed by atoms with Gasteiger partial charge in [-0.2, -0.15) is 5.10 Å². The lowest BCUT2D eigenvalue weighted by Gasteiger charge is -2.36. The number of carbonyl (C=O) groups is 1. The van der Waals surface area contributed by atoms with Gasteiger partial charge >= 0.3 is 0 Å². The number of nitrogens with one attached hydrogen (secondary N) is 1. The number of nitrogens with zero attached hydrogens (tertiary/aromatic N) is 4. The van der Waals surface area contributed by atoms with Crippen LogP contribution in [0.5, 0.6) is 5.75 Å². The highest BCUT2D eigenvalue weighted by Gasteiger charge is 2.20. The average molecular weight is 496 g/mol. The number of ether oxygens (including phenoxy) is 1. The second kappa shape index (κ2) is 11.8. The highest BCUT2D eigenvalue weighted by Crippen LogP contribution is 2.26. The molecule has 1 N–H and O–H groups in total. The molecule has 190 valence electrons. The molecule has 0 spiro atoms. The maximum Gasteiger partial charge on any atom is 0.255 e. The molecule has 7 heteroatoms. The van der Waals surface area contributed by atoms with Gasteiger partial charge < -0.3 is 15.0 Å². The monoisotopic (exact) mass is 495 g/mol. The van der Waals surface area contributed by atoms with Gasteiger partial charge in [-0.1, -0.05) is 60.7 Å². The van der Waals surface area contributed by atoms with Crippen LogP contribution in [0.4, 0.5) is 5.69 Å². The number of para-hydroxylation sites is 1. The number of amides is 1. The van der Waals surface area contributed by atoms with E-state index in [0.29, 0.717) is 24.3 Å². The van der Waals surface area contributed by atoms with Crippen molar-refractivity contribution in [3.05, 3.63) is 102 Å². The van der Waals surface area contributed by atoms with Crippen LogP contribution in [0.1, 0.15) is 15.9 Å². The van der Waals surface area contributed by atoms with Crippen molar-refractivity contribution in [2.45, 2.75) is 6.54 Å². The average Bonchev–Trinajstić information content (AvgIpc) is 3.38. The van der Waals surface area contributed by atoms with Crippen molar-refractivity contribution in [2.24, 2.45) is 0 Å². The Morgan fingerprint density at radius 3 is 2.38 bits per heavy atom. The van der Waals surface area contributed by atoms with E-state index < -0.39 is 0 Å². The maximum absolute atomic E-state index is 13.3. The summed E-state index contributed by atoms with van der Waals surface area (Å²) in [4.78, 5) is 18.1. The summed E-state index contributed by atoms with van der Waals surface area (Å²) < 4.78 is 7.24. The van der Waals surface area contributed by atoms with Crippen LogP contribution < -0.4 is 15.0 Å². The van der Waals surface area contributed by atoms with Crippen molar-refractivity contribution in [3.8, 4) is 17.0 Å². The predicted octanol–water partition coefficient (Wildman–Crippen LogP) is 4.16. The van der Waals surface area contributed by atoms with Gasteiger partial charge in [0.2, 0.25) is 0 Å². The number of hydrogen-bond donors (Lipinski definition) is 1. The molecule has 1 fully saturated rings. The van der Waals surface area contributed by atoms with Crippen LogP contribution in [0.2, 0.25) is 0 Å². The number of anilines is 1. The smallest absolute Gasteiger partial charge is 0.255 e. The molecule has 0 atom stereocenters. The molecule has 0 aliphatic carbocycles. The third kappa shape index (κ3) is 6.19. The van der Waals surface area contributed by atoms with E-state index in [0.717, 1.165) is 49.6 Å². The van der Waals surface area contributed by atoms with Crippen molar-refractivity contribution in [1.29, 1.82) is 0 Å². The zero-order chi connectivity index (χ0) is 25.5. The quantitative estimate of drug-likeness (QED) is 0.378. The van der Waals surface area contributed by atoms with Crippen molar-refractivity contribution in [1.82, 2.24) is 20.0 Å². The molecule has 7 nitrogen and oxygen atoms in total. The molecule has 1 aliphatic rings. The lowest BCUT2D eigenvalue weighted by Crippen LogP contribution is -2.48. The van der Waals surface area contributed by atoms with Crippen molar-refractivity contribution < 1.29 is 9.53 Å². The molecule has 1 aliphatic heterocycles. The van der Waals surface area contributed by atoms with Crippen molar-refractivity contribution >= 4 is 11.6 Å².